The summed E-state index contributed by atoms with van der Waals surface area (Å²) in [5.74, 6) is 1.17. The molecule has 0 aromatic heterocycles. The summed E-state index contributed by atoms with van der Waals surface area (Å²) in [6.45, 7) is 8.97. The zero-order valence-corrected chi connectivity index (χ0v) is 13.9. The molecule has 0 spiro atoms. The fourth-order valence-electron chi connectivity index (χ4n) is 3.19. The van der Waals surface area contributed by atoms with E-state index in [1.54, 1.807) is 0 Å². The predicted octanol–water partition coefficient (Wildman–Crippen LogP) is 3.55. The lowest BCUT2D eigenvalue weighted by molar-refractivity contribution is -0.138. The van der Waals surface area contributed by atoms with Crippen LogP contribution < -0.4 is 0 Å². The lowest BCUT2D eigenvalue weighted by Gasteiger charge is -2.36. The van der Waals surface area contributed by atoms with Crippen molar-refractivity contribution in [1.29, 1.82) is 0 Å². The first-order chi connectivity index (χ1) is 10.6. The summed E-state index contributed by atoms with van der Waals surface area (Å²) in [6, 6.07) is 9.24. The number of hydrogen-bond acceptors (Lipinski definition) is 3. The van der Waals surface area contributed by atoms with Crippen LogP contribution in [0.25, 0.3) is 0 Å². The molecule has 3 nitrogen and oxygen atoms in total. The van der Waals surface area contributed by atoms with Gasteiger partial charge in [-0.1, -0.05) is 38.1 Å². The number of carbonyl (C=O) groups excluding carboxylic acids is 1. The van der Waals surface area contributed by atoms with Crippen LogP contribution in [0.1, 0.15) is 56.7 Å². The second-order valence-electron chi connectivity index (χ2n) is 7.03. The molecule has 1 heterocycles. The van der Waals surface area contributed by atoms with Gasteiger partial charge in [0.05, 0.1) is 6.61 Å². The van der Waals surface area contributed by atoms with E-state index in [0.717, 1.165) is 25.9 Å². The highest BCUT2D eigenvalue weighted by molar-refractivity contribution is 5.87. The summed E-state index contributed by atoms with van der Waals surface area (Å²) >= 11 is 0. The van der Waals surface area contributed by atoms with Crippen LogP contribution >= 0.6 is 0 Å². The van der Waals surface area contributed by atoms with Gasteiger partial charge in [-0.3, -0.25) is 9.69 Å². The second kappa shape index (κ2) is 6.51. The van der Waals surface area contributed by atoms with Crippen molar-refractivity contribution in [3.8, 4) is 0 Å². The van der Waals surface area contributed by atoms with E-state index in [-0.39, 0.29) is 12.0 Å². The summed E-state index contributed by atoms with van der Waals surface area (Å²) in [7, 11) is 0. The van der Waals surface area contributed by atoms with E-state index in [1.807, 2.05) is 0 Å². The van der Waals surface area contributed by atoms with Gasteiger partial charge in [0.1, 0.15) is 6.10 Å². The third-order valence-electron chi connectivity index (χ3n) is 5.03. The number of Topliss-reactive ketones (excluding diaryl/α,β-unsaturated/α-hetero) is 1. The molecule has 2 atom stereocenters. The van der Waals surface area contributed by atoms with Gasteiger partial charge in [-0.2, -0.15) is 0 Å². The van der Waals surface area contributed by atoms with Crippen LogP contribution in [0.5, 0.6) is 0 Å². The fraction of sp³-hybridized carbons (Fsp3) is 0.632. The van der Waals surface area contributed by atoms with Crippen molar-refractivity contribution in [1.82, 2.24) is 4.90 Å². The van der Waals surface area contributed by atoms with Crippen molar-refractivity contribution in [2.24, 2.45) is 5.92 Å². The van der Waals surface area contributed by atoms with Crippen molar-refractivity contribution in [3.05, 3.63) is 35.4 Å². The molecule has 1 saturated carbocycles. The van der Waals surface area contributed by atoms with Crippen LogP contribution in [0.15, 0.2) is 24.3 Å². The molecule has 120 valence electrons. The maximum Gasteiger partial charge on any atom is 0.165 e. The Balaban J connectivity index is 1.65. The molecule has 22 heavy (non-hydrogen) atoms. The van der Waals surface area contributed by atoms with Crippen LogP contribution in [0.2, 0.25) is 0 Å². The highest BCUT2D eigenvalue weighted by Gasteiger charge is 2.38. The molecule has 2 aliphatic rings. The van der Waals surface area contributed by atoms with Gasteiger partial charge < -0.3 is 4.74 Å². The SMILES string of the molecule is CC(C)c1ccc([C@H](C)N2CCO[C@H](C(=O)C3CC3)C2)cc1. The fourth-order valence-corrected chi connectivity index (χ4v) is 3.19. The highest BCUT2D eigenvalue weighted by atomic mass is 16.5. The summed E-state index contributed by atoms with van der Waals surface area (Å²) in [5.41, 5.74) is 2.70. The molecule has 1 aliphatic carbocycles. The van der Waals surface area contributed by atoms with Crippen molar-refractivity contribution in [2.45, 2.75) is 51.7 Å². The average molecular weight is 301 g/mol. The topological polar surface area (TPSA) is 29.5 Å². The number of carbonyl (C=O) groups is 1. The number of hydrogen-bond donors (Lipinski definition) is 0. The first kappa shape index (κ1) is 15.7. The minimum Gasteiger partial charge on any atom is -0.368 e. The summed E-state index contributed by atoms with van der Waals surface area (Å²) < 4.78 is 5.72. The molecule has 1 aliphatic heterocycles. The van der Waals surface area contributed by atoms with Gasteiger partial charge >= 0.3 is 0 Å². The second-order valence-corrected chi connectivity index (χ2v) is 7.03. The maximum absolute atomic E-state index is 12.2. The molecular formula is C19H27NO2. The number of morpholine rings is 1. The third kappa shape index (κ3) is 3.41. The van der Waals surface area contributed by atoms with Crippen LogP contribution in [0, 0.1) is 5.92 Å². The van der Waals surface area contributed by atoms with Crippen molar-refractivity contribution < 1.29 is 9.53 Å². The van der Waals surface area contributed by atoms with Gasteiger partial charge in [-0.25, -0.2) is 0 Å². The molecular weight excluding hydrogens is 274 g/mol. The Morgan fingerprint density at radius 2 is 1.77 bits per heavy atom. The van der Waals surface area contributed by atoms with E-state index in [9.17, 15) is 4.79 Å². The summed E-state index contributed by atoms with van der Waals surface area (Å²) in [6.07, 6.45) is 1.91. The van der Waals surface area contributed by atoms with E-state index < -0.39 is 0 Å². The van der Waals surface area contributed by atoms with Gasteiger partial charge in [0.25, 0.3) is 0 Å². The first-order valence-electron chi connectivity index (χ1n) is 8.55. The van der Waals surface area contributed by atoms with Gasteiger partial charge in [0.2, 0.25) is 0 Å². The predicted molar refractivity (Wildman–Crippen MR) is 88.0 cm³/mol. The molecule has 0 radical (unpaired) electrons. The lowest BCUT2D eigenvalue weighted by atomic mass is 9.98. The number of rotatable bonds is 5. The Morgan fingerprint density at radius 3 is 2.36 bits per heavy atom. The smallest absolute Gasteiger partial charge is 0.165 e. The Kier molecular flexibility index (Phi) is 4.65. The monoisotopic (exact) mass is 301 g/mol. The normalized spacial score (nSPS) is 24.5. The van der Waals surface area contributed by atoms with Crippen LogP contribution in [-0.2, 0) is 9.53 Å². The Labute approximate surface area is 133 Å². The standard InChI is InChI=1S/C19H27NO2/c1-13(2)15-4-6-16(7-5-15)14(3)20-10-11-22-18(12-20)19(21)17-8-9-17/h4-7,13-14,17-18H,8-12H2,1-3H3/t14-,18-/m0/s1. The first-order valence-corrected chi connectivity index (χ1v) is 8.55. The number of nitrogens with zero attached hydrogens (tertiary/aromatic N) is 1. The molecule has 0 bridgehead atoms. The van der Waals surface area contributed by atoms with Crippen LogP contribution in [0.3, 0.4) is 0 Å². The molecule has 0 unspecified atom stereocenters. The quantitative estimate of drug-likeness (QED) is 0.833. The summed E-state index contributed by atoms with van der Waals surface area (Å²) in [5, 5.41) is 0. The van der Waals surface area contributed by atoms with Crippen molar-refractivity contribution >= 4 is 5.78 Å². The molecule has 3 heteroatoms. The molecule has 1 saturated heterocycles. The van der Waals surface area contributed by atoms with E-state index in [1.165, 1.54) is 11.1 Å². The number of ketones is 1. The van der Waals surface area contributed by atoms with Gasteiger partial charge in [0.15, 0.2) is 5.78 Å². The Bertz CT molecular complexity index is 519. The highest BCUT2D eigenvalue weighted by Crippen LogP contribution is 2.33. The van der Waals surface area contributed by atoms with Gasteiger partial charge in [0, 0.05) is 25.0 Å². The number of benzene rings is 1. The van der Waals surface area contributed by atoms with Gasteiger partial charge in [-0.05, 0) is 36.8 Å². The lowest BCUT2D eigenvalue weighted by Crippen LogP contribution is -2.47. The average Bonchev–Trinajstić information content (AvgIpc) is 3.38. The largest absolute Gasteiger partial charge is 0.368 e. The van der Waals surface area contributed by atoms with Crippen LogP contribution in [0.4, 0.5) is 0 Å². The third-order valence-corrected chi connectivity index (χ3v) is 5.03. The zero-order valence-electron chi connectivity index (χ0n) is 13.9. The molecule has 1 aromatic carbocycles. The molecule has 3 rings (SSSR count). The van der Waals surface area contributed by atoms with Crippen LogP contribution in [-0.4, -0.2) is 36.5 Å². The summed E-state index contributed by atoms with van der Waals surface area (Å²) in [4.78, 5) is 14.6. The number of ether oxygens (including phenoxy) is 1. The van der Waals surface area contributed by atoms with Crippen molar-refractivity contribution in [3.63, 3.8) is 0 Å². The van der Waals surface area contributed by atoms with E-state index in [2.05, 4.69) is 49.9 Å². The molecule has 0 N–H and O–H groups in total. The molecule has 1 aromatic rings. The Hall–Kier alpha value is -1.19. The van der Waals surface area contributed by atoms with E-state index in [0.29, 0.717) is 24.3 Å². The maximum atomic E-state index is 12.2. The molecule has 2 fully saturated rings. The van der Waals surface area contributed by atoms with E-state index >= 15 is 0 Å². The van der Waals surface area contributed by atoms with Crippen molar-refractivity contribution in [2.75, 3.05) is 19.7 Å². The minimum atomic E-state index is -0.210. The van der Waals surface area contributed by atoms with Gasteiger partial charge in [-0.15, -0.1) is 0 Å². The molecule has 0 amide bonds. The Morgan fingerprint density at radius 1 is 1.14 bits per heavy atom. The van der Waals surface area contributed by atoms with E-state index in [4.69, 9.17) is 4.74 Å². The zero-order chi connectivity index (χ0) is 15.7. The minimum absolute atomic E-state index is 0.210.